The van der Waals surface area contributed by atoms with E-state index in [0.29, 0.717) is 6.54 Å². The predicted octanol–water partition coefficient (Wildman–Crippen LogP) is 1.65. The zero-order chi connectivity index (χ0) is 9.10. The zero-order valence-electron chi connectivity index (χ0n) is 6.93. The molecule has 0 amide bonds. The molecule has 2 aromatic rings. The van der Waals surface area contributed by atoms with Gasteiger partial charge in [0.05, 0.1) is 5.01 Å². The molecule has 5 heteroatoms. The van der Waals surface area contributed by atoms with E-state index >= 15 is 0 Å². The molecule has 2 heterocycles. The van der Waals surface area contributed by atoms with Gasteiger partial charge in [0.25, 0.3) is 0 Å². The quantitative estimate of drug-likeness (QED) is 0.840. The van der Waals surface area contributed by atoms with Crippen molar-refractivity contribution in [2.24, 2.45) is 5.73 Å². The second-order valence-electron chi connectivity index (χ2n) is 2.53. The van der Waals surface area contributed by atoms with Crippen molar-refractivity contribution in [2.75, 3.05) is 0 Å². The van der Waals surface area contributed by atoms with Crippen LogP contribution in [0.15, 0.2) is 17.8 Å². The summed E-state index contributed by atoms with van der Waals surface area (Å²) < 4.78 is 0. The summed E-state index contributed by atoms with van der Waals surface area (Å²) >= 11 is 3.33. The average Bonchev–Trinajstić information content (AvgIpc) is 2.76. The smallest absolute Gasteiger partial charge is 0.106 e. The van der Waals surface area contributed by atoms with E-state index in [2.05, 4.69) is 9.97 Å². The fourth-order valence-corrected chi connectivity index (χ4v) is 2.55. The highest BCUT2D eigenvalue weighted by molar-refractivity contribution is 7.12. The summed E-state index contributed by atoms with van der Waals surface area (Å²) in [5.74, 6) is 0. The van der Waals surface area contributed by atoms with E-state index in [-0.39, 0.29) is 0 Å². The van der Waals surface area contributed by atoms with Gasteiger partial charge in [0.1, 0.15) is 5.01 Å². The Balaban J connectivity index is 2.10. The summed E-state index contributed by atoms with van der Waals surface area (Å²) in [4.78, 5) is 9.63. The molecule has 0 radical (unpaired) electrons. The molecule has 3 nitrogen and oxygen atoms in total. The number of rotatable bonds is 3. The van der Waals surface area contributed by atoms with Crippen molar-refractivity contribution in [3.8, 4) is 0 Å². The fourth-order valence-electron chi connectivity index (χ4n) is 1.01. The summed E-state index contributed by atoms with van der Waals surface area (Å²) in [6, 6.07) is 0. The largest absolute Gasteiger partial charge is 0.325 e. The molecule has 0 saturated carbocycles. The van der Waals surface area contributed by atoms with E-state index in [1.54, 1.807) is 22.7 Å². The lowest BCUT2D eigenvalue weighted by molar-refractivity contribution is 1.04. The molecule has 0 aromatic carbocycles. The maximum absolute atomic E-state index is 5.47. The Labute approximate surface area is 84.3 Å². The molecule has 2 aromatic heterocycles. The topological polar surface area (TPSA) is 51.8 Å². The van der Waals surface area contributed by atoms with Gasteiger partial charge in [0.2, 0.25) is 0 Å². The van der Waals surface area contributed by atoms with Gasteiger partial charge in [0.15, 0.2) is 0 Å². The van der Waals surface area contributed by atoms with E-state index in [4.69, 9.17) is 5.73 Å². The number of hydrogen-bond donors (Lipinski definition) is 1. The van der Waals surface area contributed by atoms with E-state index in [0.717, 1.165) is 16.4 Å². The van der Waals surface area contributed by atoms with Gasteiger partial charge >= 0.3 is 0 Å². The third-order valence-corrected chi connectivity index (χ3v) is 3.38. The number of nitrogens with zero attached hydrogens (tertiary/aromatic N) is 2. The van der Waals surface area contributed by atoms with E-state index in [1.807, 2.05) is 17.8 Å². The van der Waals surface area contributed by atoms with E-state index < -0.39 is 0 Å². The Morgan fingerprint density at radius 2 is 2.23 bits per heavy atom. The van der Waals surface area contributed by atoms with Crippen molar-refractivity contribution in [3.05, 3.63) is 32.7 Å². The van der Waals surface area contributed by atoms with Crippen molar-refractivity contribution in [2.45, 2.75) is 13.0 Å². The number of aromatic nitrogens is 2. The van der Waals surface area contributed by atoms with E-state index in [1.165, 1.54) is 4.88 Å². The van der Waals surface area contributed by atoms with Crippen LogP contribution in [0.1, 0.15) is 14.9 Å². The average molecular weight is 211 g/mol. The minimum atomic E-state index is 0.530. The third kappa shape index (κ3) is 2.12. The molecule has 68 valence electrons. The number of nitrogens with two attached hydrogens (primary N) is 1. The highest BCUT2D eigenvalue weighted by Crippen LogP contribution is 2.17. The van der Waals surface area contributed by atoms with Crippen LogP contribution in [0, 0.1) is 0 Å². The molecule has 0 aliphatic carbocycles. The van der Waals surface area contributed by atoms with Gasteiger partial charge in [-0.25, -0.2) is 9.97 Å². The zero-order valence-corrected chi connectivity index (χ0v) is 8.57. The summed E-state index contributed by atoms with van der Waals surface area (Å²) in [5, 5.41) is 4.11. The maximum Gasteiger partial charge on any atom is 0.106 e. The van der Waals surface area contributed by atoms with Crippen LogP contribution in [0.3, 0.4) is 0 Å². The van der Waals surface area contributed by atoms with Crippen LogP contribution in [0.2, 0.25) is 0 Å². The van der Waals surface area contributed by atoms with Gasteiger partial charge < -0.3 is 5.73 Å². The Morgan fingerprint density at radius 1 is 1.31 bits per heavy atom. The highest BCUT2D eigenvalue weighted by Gasteiger charge is 2.02. The molecule has 0 atom stereocenters. The molecule has 2 rings (SSSR count). The van der Waals surface area contributed by atoms with Crippen molar-refractivity contribution < 1.29 is 0 Å². The molecular weight excluding hydrogens is 202 g/mol. The summed E-state index contributed by atoms with van der Waals surface area (Å²) in [7, 11) is 0. The summed E-state index contributed by atoms with van der Waals surface area (Å²) in [6.07, 6.45) is 4.59. The molecular formula is C8H9N3S2. The molecule has 2 N–H and O–H groups in total. The van der Waals surface area contributed by atoms with Crippen molar-refractivity contribution in [3.63, 3.8) is 0 Å². The lowest BCUT2D eigenvalue weighted by atomic mass is 10.4. The Morgan fingerprint density at radius 3 is 2.85 bits per heavy atom. The summed E-state index contributed by atoms with van der Waals surface area (Å²) in [6.45, 7) is 0.530. The third-order valence-electron chi connectivity index (χ3n) is 1.58. The molecule has 13 heavy (non-hydrogen) atoms. The lowest BCUT2D eigenvalue weighted by Gasteiger charge is -1.88. The first-order chi connectivity index (χ1) is 6.38. The van der Waals surface area contributed by atoms with Gasteiger partial charge in [-0.2, -0.15) is 0 Å². The molecule has 0 aliphatic rings. The number of thiazole rings is 2. The monoisotopic (exact) mass is 211 g/mol. The van der Waals surface area contributed by atoms with Crippen LogP contribution in [0.5, 0.6) is 0 Å². The predicted molar refractivity (Wildman–Crippen MR) is 54.9 cm³/mol. The second-order valence-corrected chi connectivity index (χ2v) is 4.71. The van der Waals surface area contributed by atoms with Crippen molar-refractivity contribution in [1.29, 1.82) is 0 Å². The minimum absolute atomic E-state index is 0.530. The van der Waals surface area contributed by atoms with Crippen LogP contribution in [0.4, 0.5) is 0 Å². The molecule has 0 saturated heterocycles. The van der Waals surface area contributed by atoms with Crippen molar-refractivity contribution in [1.82, 2.24) is 9.97 Å². The first-order valence-electron chi connectivity index (χ1n) is 3.90. The van der Waals surface area contributed by atoms with Crippen LogP contribution in [0.25, 0.3) is 0 Å². The molecule has 0 bridgehead atoms. The first-order valence-corrected chi connectivity index (χ1v) is 5.60. The van der Waals surface area contributed by atoms with Gasteiger partial charge in [-0.15, -0.1) is 22.7 Å². The van der Waals surface area contributed by atoms with Crippen molar-refractivity contribution >= 4 is 22.7 Å². The molecule has 0 unspecified atom stereocenters. The van der Waals surface area contributed by atoms with Crippen LogP contribution >= 0.6 is 22.7 Å². The van der Waals surface area contributed by atoms with Gasteiger partial charge in [-0.1, -0.05) is 0 Å². The minimum Gasteiger partial charge on any atom is -0.325 e. The van der Waals surface area contributed by atoms with Gasteiger partial charge in [-0.3, -0.25) is 0 Å². The van der Waals surface area contributed by atoms with Crippen LogP contribution in [-0.2, 0) is 13.0 Å². The first kappa shape index (κ1) is 8.80. The lowest BCUT2D eigenvalue weighted by Crippen LogP contribution is -1.93. The number of hydrogen-bond acceptors (Lipinski definition) is 5. The van der Waals surface area contributed by atoms with Crippen LogP contribution in [-0.4, -0.2) is 9.97 Å². The Hall–Kier alpha value is -0.780. The van der Waals surface area contributed by atoms with Crippen LogP contribution < -0.4 is 5.73 Å². The molecule has 0 fully saturated rings. The maximum atomic E-state index is 5.47. The molecule has 0 aliphatic heterocycles. The molecule has 0 spiro atoms. The fraction of sp³-hybridized carbons (Fsp3) is 0.250. The standard InChI is InChI=1S/C8H9N3S2/c9-4-8-11-5-6(13-8)3-7-10-1-2-12-7/h1-2,5H,3-4,9H2. The van der Waals surface area contributed by atoms with E-state index in [9.17, 15) is 0 Å². The Bertz CT molecular complexity index is 366. The summed E-state index contributed by atoms with van der Waals surface area (Å²) in [5.41, 5.74) is 5.47. The van der Waals surface area contributed by atoms with Gasteiger partial charge in [0, 0.05) is 35.6 Å². The second kappa shape index (κ2) is 3.95. The SMILES string of the molecule is NCc1ncc(Cc2nccs2)s1. The van der Waals surface area contributed by atoms with Gasteiger partial charge in [-0.05, 0) is 0 Å². The normalized spacial score (nSPS) is 10.5. The Kier molecular flexibility index (Phi) is 2.68. The highest BCUT2D eigenvalue weighted by atomic mass is 32.1.